The molecule has 0 aliphatic heterocycles. The van der Waals surface area contributed by atoms with Crippen molar-refractivity contribution in [2.24, 2.45) is 4.99 Å². The van der Waals surface area contributed by atoms with Crippen molar-refractivity contribution in [2.45, 2.75) is 0 Å². The summed E-state index contributed by atoms with van der Waals surface area (Å²) in [5.41, 5.74) is 1.53. The summed E-state index contributed by atoms with van der Waals surface area (Å²) >= 11 is 2.22. The summed E-state index contributed by atoms with van der Waals surface area (Å²) in [5.74, 6) is 1.25. The van der Waals surface area contributed by atoms with E-state index in [0.29, 0.717) is 22.8 Å². The van der Waals surface area contributed by atoms with Crippen LogP contribution in [0.4, 0.5) is 5.69 Å². The molecular formula is C19H17IN2O5. The standard InChI is InChI=1S/C19H17IN2O5/c1-24-15-8-11(9-16(25-2)17(15)26-3)18-22-14(19(23)27-18)10-21-13-6-4-12(20)5-7-13/h4-10,23H,1-3H3. The molecule has 2 aromatic carbocycles. The van der Waals surface area contributed by atoms with Crippen LogP contribution >= 0.6 is 22.6 Å². The molecule has 0 saturated carbocycles. The lowest BCUT2D eigenvalue weighted by Crippen LogP contribution is -1.95. The number of hydrogen-bond acceptors (Lipinski definition) is 7. The van der Waals surface area contributed by atoms with Gasteiger partial charge in [0.25, 0.3) is 0 Å². The first-order chi connectivity index (χ1) is 13.0. The average molecular weight is 480 g/mol. The fraction of sp³-hybridized carbons (Fsp3) is 0.158. The maximum atomic E-state index is 10.1. The van der Waals surface area contributed by atoms with Gasteiger partial charge in [0.15, 0.2) is 17.2 Å². The highest BCUT2D eigenvalue weighted by atomic mass is 127. The van der Waals surface area contributed by atoms with Crippen LogP contribution in [0.15, 0.2) is 45.8 Å². The summed E-state index contributed by atoms with van der Waals surface area (Å²) in [7, 11) is 4.57. The van der Waals surface area contributed by atoms with Crippen molar-refractivity contribution in [1.82, 2.24) is 4.98 Å². The predicted molar refractivity (Wildman–Crippen MR) is 110 cm³/mol. The molecule has 0 aliphatic rings. The Bertz CT molecular complexity index is 942. The minimum atomic E-state index is -0.326. The van der Waals surface area contributed by atoms with Crippen LogP contribution < -0.4 is 14.2 Å². The first kappa shape index (κ1) is 19.0. The number of aliphatic imine (C=N–C) groups is 1. The number of nitrogens with zero attached hydrogens (tertiary/aromatic N) is 2. The van der Waals surface area contributed by atoms with E-state index >= 15 is 0 Å². The molecule has 3 rings (SSSR count). The Labute approximate surface area is 169 Å². The highest BCUT2D eigenvalue weighted by Gasteiger charge is 2.18. The molecule has 3 aromatic rings. The van der Waals surface area contributed by atoms with E-state index < -0.39 is 0 Å². The topological polar surface area (TPSA) is 86.3 Å². The van der Waals surface area contributed by atoms with E-state index in [1.807, 2.05) is 24.3 Å². The third-order valence-corrected chi connectivity index (χ3v) is 4.43. The van der Waals surface area contributed by atoms with E-state index in [2.05, 4.69) is 32.6 Å². The van der Waals surface area contributed by atoms with Gasteiger partial charge in [-0.1, -0.05) is 0 Å². The monoisotopic (exact) mass is 480 g/mol. The zero-order valence-corrected chi connectivity index (χ0v) is 17.1. The molecule has 0 saturated heterocycles. The zero-order chi connectivity index (χ0) is 19.4. The van der Waals surface area contributed by atoms with Gasteiger partial charge in [-0.25, -0.2) is 4.98 Å². The SMILES string of the molecule is COc1cc(-c2nc(C=Nc3ccc(I)cc3)c(O)o2)cc(OC)c1OC. The third kappa shape index (κ3) is 4.16. The number of benzene rings is 2. The number of oxazole rings is 1. The van der Waals surface area contributed by atoms with Crippen LogP contribution in [-0.2, 0) is 0 Å². The van der Waals surface area contributed by atoms with Gasteiger partial charge in [0.05, 0.1) is 33.2 Å². The van der Waals surface area contributed by atoms with Gasteiger partial charge in [-0.3, -0.25) is 4.99 Å². The van der Waals surface area contributed by atoms with Crippen LogP contribution in [0.25, 0.3) is 11.5 Å². The summed E-state index contributed by atoms with van der Waals surface area (Å²) in [6.45, 7) is 0. The van der Waals surface area contributed by atoms with E-state index in [1.54, 1.807) is 12.1 Å². The minimum Gasteiger partial charge on any atom is -0.493 e. The molecule has 1 heterocycles. The van der Waals surface area contributed by atoms with Crippen LogP contribution in [0.3, 0.4) is 0 Å². The van der Waals surface area contributed by atoms with Crippen LogP contribution in [0.2, 0.25) is 0 Å². The number of aromatic nitrogens is 1. The molecule has 0 aliphatic carbocycles. The molecule has 8 heteroatoms. The second kappa shape index (κ2) is 8.30. The fourth-order valence-electron chi connectivity index (χ4n) is 2.40. The molecule has 0 amide bonds. The van der Waals surface area contributed by atoms with E-state index in [4.69, 9.17) is 18.6 Å². The molecule has 140 valence electrons. The van der Waals surface area contributed by atoms with Gasteiger partial charge in [0.1, 0.15) is 0 Å². The second-order valence-electron chi connectivity index (χ2n) is 5.36. The minimum absolute atomic E-state index is 0.204. The number of aromatic hydroxyl groups is 1. The number of rotatable bonds is 6. The largest absolute Gasteiger partial charge is 0.493 e. The Balaban J connectivity index is 1.95. The van der Waals surface area contributed by atoms with Crippen molar-refractivity contribution in [3.8, 4) is 34.6 Å². The van der Waals surface area contributed by atoms with Gasteiger partial charge in [-0.05, 0) is 59.0 Å². The lowest BCUT2D eigenvalue weighted by atomic mass is 10.2. The number of hydrogen-bond donors (Lipinski definition) is 1. The molecular weight excluding hydrogens is 463 g/mol. The molecule has 0 spiro atoms. The van der Waals surface area contributed by atoms with E-state index in [-0.39, 0.29) is 17.5 Å². The van der Waals surface area contributed by atoms with E-state index in [1.165, 1.54) is 27.5 Å². The number of halogens is 1. The van der Waals surface area contributed by atoms with Gasteiger partial charge in [-0.2, -0.15) is 0 Å². The maximum Gasteiger partial charge on any atom is 0.312 e. The molecule has 7 nitrogen and oxygen atoms in total. The van der Waals surface area contributed by atoms with Crippen LogP contribution in [0, 0.1) is 3.57 Å². The maximum absolute atomic E-state index is 10.1. The number of methoxy groups -OCH3 is 3. The van der Waals surface area contributed by atoms with Gasteiger partial charge in [0, 0.05) is 9.13 Å². The Morgan fingerprint density at radius 1 is 1.04 bits per heavy atom. The molecule has 0 atom stereocenters. The molecule has 0 fully saturated rings. The normalized spacial score (nSPS) is 11.0. The summed E-state index contributed by atoms with van der Waals surface area (Å²) in [6, 6.07) is 11.0. The Kier molecular flexibility index (Phi) is 5.84. The fourth-order valence-corrected chi connectivity index (χ4v) is 2.76. The summed E-state index contributed by atoms with van der Waals surface area (Å²) in [5, 5.41) is 10.1. The third-order valence-electron chi connectivity index (χ3n) is 3.71. The highest BCUT2D eigenvalue weighted by molar-refractivity contribution is 14.1. The molecule has 1 aromatic heterocycles. The van der Waals surface area contributed by atoms with Gasteiger partial charge < -0.3 is 23.7 Å². The summed E-state index contributed by atoms with van der Waals surface area (Å²) in [4.78, 5) is 8.60. The first-order valence-electron chi connectivity index (χ1n) is 7.85. The molecule has 0 bridgehead atoms. The van der Waals surface area contributed by atoms with Gasteiger partial charge >= 0.3 is 5.95 Å². The number of ether oxygens (including phenoxy) is 3. The Morgan fingerprint density at radius 2 is 1.67 bits per heavy atom. The Morgan fingerprint density at radius 3 is 2.22 bits per heavy atom. The highest BCUT2D eigenvalue weighted by Crippen LogP contribution is 2.41. The van der Waals surface area contributed by atoms with Crippen molar-refractivity contribution in [3.05, 3.63) is 45.7 Å². The van der Waals surface area contributed by atoms with Crippen molar-refractivity contribution in [2.75, 3.05) is 21.3 Å². The summed E-state index contributed by atoms with van der Waals surface area (Å²) in [6.07, 6.45) is 1.45. The van der Waals surface area contributed by atoms with Crippen LogP contribution in [-0.4, -0.2) is 37.6 Å². The molecule has 0 radical (unpaired) electrons. The van der Waals surface area contributed by atoms with Gasteiger partial charge in [-0.15, -0.1) is 0 Å². The molecule has 0 unspecified atom stereocenters. The quantitative estimate of drug-likeness (QED) is 0.415. The van der Waals surface area contributed by atoms with Crippen LogP contribution in [0.5, 0.6) is 23.2 Å². The van der Waals surface area contributed by atoms with Gasteiger partial charge in [0.2, 0.25) is 11.6 Å². The lowest BCUT2D eigenvalue weighted by Gasteiger charge is -2.12. The first-order valence-corrected chi connectivity index (χ1v) is 8.93. The summed E-state index contributed by atoms with van der Waals surface area (Å²) < 4.78 is 22.5. The second-order valence-corrected chi connectivity index (χ2v) is 6.60. The predicted octanol–water partition coefficient (Wildman–Crippen LogP) is 4.43. The lowest BCUT2D eigenvalue weighted by molar-refractivity contribution is 0.323. The van der Waals surface area contributed by atoms with E-state index in [0.717, 1.165) is 9.26 Å². The smallest absolute Gasteiger partial charge is 0.312 e. The Hall–Kier alpha value is -2.75. The van der Waals surface area contributed by atoms with Crippen molar-refractivity contribution < 1.29 is 23.7 Å². The van der Waals surface area contributed by atoms with Crippen LogP contribution in [0.1, 0.15) is 5.69 Å². The van der Waals surface area contributed by atoms with E-state index in [9.17, 15) is 5.11 Å². The van der Waals surface area contributed by atoms with Crippen molar-refractivity contribution in [3.63, 3.8) is 0 Å². The van der Waals surface area contributed by atoms with Crippen molar-refractivity contribution >= 4 is 34.5 Å². The molecule has 1 N–H and O–H groups in total. The van der Waals surface area contributed by atoms with Crippen molar-refractivity contribution in [1.29, 1.82) is 0 Å². The average Bonchev–Trinajstić information content (AvgIpc) is 3.07. The zero-order valence-electron chi connectivity index (χ0n) is 14.9. The molecule has 27 heavy (non-hydrogen) atoms.